The van der Waals surface area contributed by atoms with Crippen LogP contribution in [0.3, 0.4) is 0 Å². The molecule has 4 rings (SSSR count). The molecule has 0 atom stereocenters. The largest absolute Gasteiger partial charge is 0.490 e. The Labute approximate surface area is 236 Å². The second-order valence-corrected chi connectivity index (χ2v) is 9.80. The van der Waals surface area contributed by atoms with E-state index >= 15 is 0 Å². The first kappa shape index (κ1) is 28.8. The smallest absolute Gasteiger partial charge is 0.341 e. The fourth-order valence-corrected chi connectivity index (χ4v) is 5.19. The third-order valence-corrected chi connectivity index (χ3v) is 6.94. The minimum absolute atomic E-state index is 0.164. The number of rotatable bonds is 12. The molecule has 1 N–H and O–H groups in total. The van der Waals surface area contributed by atoms with Crippen LogP contribution in [-0.2, 0) is 20.7 Å². The summed E-state index contributed by atoms with van der Waals surface area (Å²) in [5.41, 5.74) is 2.12. The zero-order chi connectivity index (χ0) is 28.6. The van der Waals surface area contributed by atoms with Crippen molar-refractivity contribution in [2.45, 2.75) is 34.1 Å². The lowest BCUT2D eigenvalue weighted by atomic mass is 10.0. The number of amides is 1. The van der Waals surface area contributed by atoms with Gasteiger partial charge in [-0.3, -0.25) is 4.79 Å². The molecule has 0 saturated carbocycles. The average Bonchev–Trinajstić information content (AvgIpc) is 3.52. The van der Waals surface area contributed by atoms with Gasteiger partial charge in [0.15, 0.2) is 29.6 Å². The Morgan fingerprint density at radius 3 is 2.38 bits per heavy atom. The summed E-state index contributed by atoms with van der Waals surface area (Å²) in [6.45, 7) is 7.87. The zero-order valence-corrected chi connectivity index (χ0v) is 23.6. The Morgan fingerprint density at radius 2 is 1.62 bits per heavy atom. The summed E-state index contributed by atoms with van der Waals surface area (Å²) >= 11 is 1.25. The molecule has 1 aliphatic rings. The van der Waals surface area contributed by atoms with E-state index < -0.39 is 24.5 Å². The van der Waals surface area contributed by atoms with Gasteiger partial charge in [0.25, 0.3) is 5.91 Å². The van der Waals surface area contributed by atoms with Crippen molar-refractivity contribution < 1.29 is 42.8 Å². The zero-order valence-electron chi connectivity index (χ0n) is 22.8. The number of hydrogen-bond donors (Lipinski definition) is 1. The van der Waals surface area contributed by atoms with E-state index in [2.05, 4.69) is 5.32 Å². The number of hydrogen-bond acceptors (Lipinski definition) is 10. The van der Waals surface area contributed by atoms with Gasteiger partial charge in [-0.2, -0.15) is 0 Å². The first-order valence-electron chi connectivity index (χ1n) is 12.9. The molecule has 1 aliphatic heterocycles. The number of ether oxygens (including phenoxy) is 6. The molecule has 2 aromatic carbocycles. The predicted octanol–water partition coefficient (Wildman–Crippen LogP) is 5.15. The number of thiophene rings is 1. The summed E-state index contributed by atoms with van der Waals surface area (Å²) < 4.78 is 32.4. The Balaban J connectivity index is 1.47. The molecular weight excluding hydrogens is 538 g/mol. The fraction of sp³-hybridized carbons (Fsp3) is 0.345. The third-order valence-electron chi connectivity index (χ3n) is 5.87. The molecule has 10 nitrogen and oxygen atoms in total. The van der Waals surface area contributed by atoms with Crippen molar-refractivity contribution in [1.82, 2.24) is 0 Å². The van der Waals surface area contributed by atoms with Crippen molar-refractivity contribution in [3.8, 4) is 23.0 Å². The van der Waals surface area contributed by atoms with E-state index in [1.165, 1.54) is 23.5 Å². The first-order chi connectivity index (χ1) is 19.3. The predicted molar refractivity (Wildman–Crippen MR) is 148 cm³/mol. The van der Waals surface area contributed by atoms with Gasteiger partial charge in [0.1, 0.15) is 5.00 Å². The fourth-order valence-electron chi connectivity index (χ4n) is 4.11. The summed E-state index contributed by atoms with van der Waals surface area (Å²) in [5, 5.41) is 3.04. The summed E-state index contributed by atoms with van der Waals surface area (Å²) in [4.78, 5) is 39.2. The first-order valence-corrected chi connectivity index (χ1v) is 13.7. The average molecular weight is 570 g/mol. The Morgan fingerprint density at radius 1 is 0.875 bits per heavy atom. The molecule has 40 heavy (non-hydrogen) atoms. The summed E-state index contributed by atoms with van der Waals surface area (Å²) in [6.07, 6.45) is 0.415. The molecule has 0 radical (unpaired) electrons. The van der Waals surface area contributed by atoms with Gasteiger partial charge in [-0.1, -0.05) is 6.07 Å². The Kier molecular flexibility index (Phi) is 9.49. The lowest BCUT2D eigenvalue weighted by Crippen LogP contribution is -2.22. The minimum atomic E-state index is -0.698. The number of carbonyl (C=O) groups excluding carboxylic acids is 3. The highest BCUT2D eigenvalue weighted by Crippen LogP contribution is 2.38. The highest BCUT2D eigenvalue weighted by atomic mass is 32.1. The molecule has 1 amide bonds. The number of fused-ring (bicyclic) bond motifs is 1. The van der Waals surface area contributed by atoms with Gasteiger partial charge in [-0.05, 0) is 75.6 Å². The highest BCUT2D eigenvalue weighted by molar-refractivity contribution is 7.16. The van der Waals surface area contributed by atoms with Crippen LogP contribution < -0.4 is 24.3 Å². The Hall–Kier alpha value is -4.25. The molecule has 212 valence electrons. The van der Waals surface area contributed by atoms with Crippen molar-refractivity contribution in [3.05, 3.63) is 63.5 Å². The number of benzene rings is 2. The van der Waals surface area contributed by atoms with Crippen LogP contribution in [0, 0.1) is 6.92 Å². The third kappa shape index (κ3) is 6.66. The topological polar surface area (TPSA) is 119 Å². The van der Waals surface area contributed by atoms with Crippen LogP contribution in [0.15, 0.2) is 36.4 Å². The molecule has 0 aliphatic carbocycles. The maximum atomic E-state index is 12.9. The normalized spacial score (nSPS) is 11.6. The van der Waals surface area contributed by atoms with E-state index in [0.717, 1.165) is 16.0 Å². The molecule has 11 heteroatoms. The van der Waals surface area contributed by atoms with Crippen LogP contribution in [0.2, 0.25) is 0 Å². The number of esters is 2. The highest BCUT2D eigenvalue weighted by Gasteiger charge is 2.26. The van der Waals surface area contributed by atoms with E-state index in [0.29, 0.717) is 47.6 Å². The van der Waals surface area contributed by atoms with Crippen LogP contribution >= 0.6 is 11.3 Å². The quantitative estimate of drug-likeness (QED) is 0.296. The Bertz CT molecular complexity index is 1400. The van der Waals surface area contributed by atoms with Crippen molar-refractivity contribution in [2.75, 3.05) is 38.5 Å². The van der Waals surface area contributed by atoms with E-state index in [1.807, 2.05) is 39.0 Å². The van der Waals surface area contributed by atoms with Gasteiger partial charge >= 0.3 is 11.9 Å². The van der Waals surface area contributed by atoms with Crippen molar-refractivity contribution in [1.29, 1.82) is 0 Å². The maximum Gasteiger partial charge on any atom is 0.341 e. The molecular formula is C29H31NO9S. The van der Waals surface area contributed by atoms with Crippen LogP contribution in [0.1, 0.15) is 57.5 Å². The van der Waals surface area contributed by atoms with Gasteiger partial charge in [-0.15, -0.1) is 11.3 Å². The van der Waals surface area contributed by atoms with Crippen molar-refractivity contribution >= 4 is 34.2 Å². The van der Waals surface area contributed by atoms with Crippen LogP contribution in [0.25, 0.3) is 0 Å². The number of carbonyl (C=O) groups is 3. The van der Waals surface area contributed by atoms with Gasteiger partial charge in [0.2, 0.25) is 6.79 Å². The van der Waals surface area contributed by atoms with E-state index in [-0.39, 0.29) is 24.5 Å². The lowest BCUT2D eigenvalue weighted by molar-refractivity contribution is -0.119. The second kappa shape index (κ2) is 13.2. The molecule has 0 unspecified atom stereocenters. The molecule has 2 heterocycles. The summed E-state index contributed by atoms with van der Waals surface area (Å²) in [7, 11) is 0. The summed E-state index contributed by atoms with van der Waals surface area (Å²) in [6, 6.07) is 10.3. The lowest BCUT2D eigenvalue weighted by Gasteiger charge is -2.12. The monoisotopic (exact) mass is 569 g/mol. The minimum Gasteiger partial charge on any atom is -0.490 e. The molecule has 0 saturated heterocycles. The molecule has 0 fully saturated rings. The molecule has 1 aromatic heterocycles. The van der Waals surface area contributed by atoms with Gasteiger partial charge in [-0.25, -0.2) is 9.59 Å². The summed E-state index contributed by atoms with van der Waals surface area (Å²) in [5.74, 6) is 0.382. The number of anilines is 1. The van der Waals surface area contributed by atoms with Gasteiger partial charge < -0.3 is 33.7 Å². The van der Waals surface area contributed by atoms with Crippen LogP contribution in [0.5, 0.6) is 23.0 Å². The van der Waals surface area contributed by atoms with Gasteiger partial charge in [0, 0.05) is 4.88 Å². The number of nitrogens with one attached hydrogen (secondary N) is 1. The number of aryl methyl sites for hydroxylation is 1. The second-order valence-electron chi connectivity index (χ2n) is 8.58. The standard InChI is InChI=1S/C29H31NO9S/c1-5-34-21-11-9-19(14-24(21)35-6-2)28(32)37-15-25(31)30-27-26(29(33)36-7-3)20(17(4)40-27)12-18-8-10-22-23(13-18)39-16-38-22/h8-11,13-14H,5-7,12,15-16H2,1-4H3,(H,30,31). The molecule has 0 spiro atoms. The van der Waals surface area contributed by atoms with Crippen LogP contribution in [-0.4, -0.2) is 51.1 Å². The van der Waals surface area contributed by atoms with E-state index in [9.17, 15) is 14.4 Å². The SMILES string of the molecule is CCOC(=O)c1c(NC(=O)COC(=O)c2ccc(OCC)c(OCC)c2)sc(C)c1Cc1ccc2c(c1)OCO2. The van der Waals surface area contributed by atoms with Crippen molar-refractivity contribution in [3.63, 3.8) is 0 Å². The van der Waals surface area contributed by atoms with Crippen LogP contribution in [0.4, 0.5) is 5.00 Å². The van der Waals surface area contributed by atoms with E-state index in [4.69, 9.17) is 28.4 Å². The maximum absolute atomic E-state index is 12.9. The van der Waals surface area contributed by atoms with E-state index in [1.54, 1.807) is 13.0 Å². The molecule has 3 aromatic rings. The molecule has 0 bridgehead atoms. The van der Waals surface area contributed by atoms with Crippen molar-refractivity contribution in [2.24, 2.45) is 0 Å². The van der Waals surface area contributed by atoms with Gasteiger partial charge in [0.05, 0.1) is 30.9 Å².